The van der Waals surface area contributed by atoms with Crippen LogP contribution in [0.2, 0.25) is 0 Å². The van der Waals surface area contributed by atoms with Crippen molar-refractivity contribution < 1.29 is 23.8 Å². The lowest BCUT2D eigenvalue weighted by Crippen LogP contribution is -2.34. The molecule has 0 aliphatic heterocycles. The number of carbonyl (C=O) groups excluding carboxylic acids is 2. The van der Waals surface area contributed by atoms with Crippen LogP contribution in [-0.4, -0.2) is 45.4 Å². The molecule has 0 radical (unpaired) electrons. The first-order chi connectivity index (χ1) is 13.6. The van der Waals surface area contributed by atoms with E-state index in [-0.39, 0.29) is 12.5 Å². The lowest BCUT2D eigenvalue weighted by molar-refractivity contribution is -0.120. The summed E-state index contributed by atoms with van der Waals surface area (Å²) in [7, 11) is 3.05. The molecule has 0 spiro atoms. The molecule has 2 rings (SSSR count). The van der Waals surface area contributed by atoms with E-state index in [1.165, 1.54) is 20.4 Å². The molecule has 28 heavy (non-hydrogen) atoms. The first kappa shape index (κ1) is 20.8. The van der Waals surface area contributed by atoms with E-state index in [1.54, 1.807) is 42.5 Å². The Kier molecular flexibility index (Phi) is 7.83. The van der Waals surface area contributed by atoms with Gasteiger partial charge in [0.2, 0.25) is 0 Å². The number of hydrazone groups is 1. The SMILES string of the molecule is CCOc1ccc(C(=O)NCC(=O)N/N=C/c2cccc(OC)c2OC)cc1. The monoisotopic (exact) mass is 385 g/mol. The standard InChI is InChI=1S/C20H23N3O5/c1-4-28-16-10-8-14(9-11-16)20(25)21-13-18(24)23-22-12-15-6-5-7-17(26-2)19(15)27-3/h5-12H,4,13H2,1-3H3,(H,21,25)(H,23,24)/b22-12+. The molecule has 2 amide bonds. The van der Waals surface area contributed by atoms with E-state index >= 15 is 0 Å². The molecule has 0 bridgehead atoms. The number of methoxy groups -OCH3 is 2. The van der Waals surface area contributed by atoms with Gasteiger partial charge in [0, 0.05) is 11.1 Å². The summed E-state index contributed by atoms with van der Waals surface area (Å²) in [6.07, 6.45) is 1.44. The van der Waals surface area contributed by atoms with E-state index < -0.39 is 5.91 Å². The minimum Gasteiger partial charge on any atom is -0.494 e. The number of carbonyl (C=O) groups is 2. The maximum Gasteiger partial charge on any atom is 0.259 e. The Labute approximate surface area is 163 Å². The lowest BCUT2D eigenvalue weighted by atomic mass is 10.2. The number of benzene rings is 2. The van der Waals surface area contributed by atoms with Crippen LogP contribution in [0.3, 0.4) is 0 Å². The van der Waals surface area contributed by atoms with Crippen molar-refractivity contribution in [3.63, 3.8) is 0 Å². The highest BCUT2D eigenvalue weighted by molar-refractivity contribution is 5.96. The molecule has 8 nitrogen and oxygen atoms in total. The summed E-state index contributed by atoms with van der Waals surface area (Å²) < 4.78 is 15.8. The van der Waals surface area contributed by atoms with Crippen LogP contribution in [0.4, 0.5) is 0 Å². The van der Waals surface area contributed by atoms with E-state index in [0.29, 0.717) is 35.0 Å². The van der Waals surface area contributed by atoms with Crippen molar-refractivity contribution in [1.29, 1.82) is 0 Å². The summed E-state index contributed by atoms with van der Waals surface area (Å²) in [5, 5.41) is 6.41. The van der Waals surface area contributed by atoms with Crippen molar-refractivity contribution in [3.05, 3.63) is 53.6 Å². The third-order valence-corrected chi connectivity index (χ3v) is 3.66. The van der Waals surface area contributed by atoms with Gasteiger partial charge >= 0.3 is 0 Å². The van der Waals surface area contributed by atoms with Crippen molar-refractivity contribution in [1.82, 2.24) is 10.7 Å². The Balaban J connectivity index is 1.86. The van der Waals surface area contributed by atoms with Crippen LogP contribution in [0, 0.1) is 0 Å². The zero-order valence-electron chi connectivity index (χ0n) is 16.0. The van der Waals surface area contributed by atoms with Gasteiger partial charge in [-0.25, -0.2) is 5.43 Å². The minimum absolute atomic E-state index is 0.210. The molecule has 0 aromatic heterocycles. The predicted octanol–water partition coefficient (Wildman–Crippen LogP) is 1.98. The van der Waals surface area contributed by atoms with Crippen LogP contribution in [-0.2, 0) is 4.79 Å². The van der Waals surface area contributed by atoms with Gasteiger partial charge < -0.3 is 19.5 Å². The number of hydrogen-bond acceptors (Lipinski definition) is 6. The molecule has 0 saturated heterocycles. The van der Waals surface area contributed by atoms with Crippen LogP contribution in [0.5, 0.6) is 17.2 Å². The van der Waals surface area contributed by atoms with Gasteiger partial charge in [0.05, 0.1) is 33.6 Å². The van der Waals surface area contributed by atoms with Gasteiger partial charge in [-0.2, -0.15) is 5.10 Å². The molecule has 148 valence electrons. The second-order valence-electron chi connectivity index (χ2n) is 5.52. The average molecular weight is 385 g/mol. The van der Waals surface area contributed by atoms with E-state index in [0.717, 1.165) is 0 Å². The molecule has 2 N–H and O–H groups in total. The van der Waals surface area contributed by atoms with Gasteiger partial charge in [-0.3, -0.25) is 9.59 Å². The maximum absolute atomic E-state index is 12.1. The maximum atomic E-state index is 12.1. The smallest absolute Gasteiger partial charge is 0.259 e. The molecule has 0 atom stereocenters. The summed E-state index contributed by atoms with van der Waals surface area (Å²) in [6.45, 7) is 2.22. The fourth-order valence-electron chi connectivity index (χ4n) is 2.36. The van der Waals surface area contributed by atoms with Crippen LogP contribution >= 0.6 is 0 Å². The van der Waals surface area contributed by atoms with Gasteiger partial charge in [0.1, 0.15) is 5.75 Å². The average Bonchev–Trinajstić information content (AvgIpc) is 2.72. The van der Waals surface area contributed by atoms with Gasteiger partial charge in [-0.1, -0.05) is 6.07 Å². The highest BCUT2D eigenvalue weighted by atomic mass is 16.5. The normalized spacial score (nSPS) is 10.4. The Hall–Kier alpha value is -3.55. The number of ether oxygens (including phenoxy) is 3. The number of hydrogen-bond donors (Lipinski definition) is 2. The van der Waals surface area contributed by atoms with Gasteiger partial charge in [0.15, 0.2) is 11.5 Å². The second-order valence-corrected chi connectivity index (χ2v) is 5.52. The Morgan fingerprint density at radius 2 is 1.82 bits per heavy atom. The number of nitrogens with zero attached hydrogens (tertiary/aromatic N) is 1. The fourth-order valence-corrected chi connectivity index (χ4v) is 2.36. The molecular formula is C20H23N3O5. The highest BCUT2D eigenvalue weighted by Gasteiger charge is 2.09. The zero-order valence-corrected chi connectivity index (χ0v) is 16.0. The topological polar surface area (TPSA) is 98.2 Å². The molecule has 0 unspecified atom stereocenters. The summed E-state index contributed by atoms with van der Waals surface area (Å²) in [6, 6.07) is 12.0. The van der Waals surface area contributed by atoms with Crippen molar-refractivity contribution >= 4 is 18.0 Å². The zero-order chi connectivity index (χ0) is 20.4. The van der Waals surface area contributed by atoms with Crippen LogP contribution < -0.4 is 25.0 Å². The van der Waals surface area contributed by atoms with Gasteiger partial charge in [-0.05, 0) is 43.3 Å². The summed E-state index contributed by atoms with van der Waals surface area (Å²) in [5.74, 6) is 0.917. The lowest BCUT2D eigenvalue weighted by Gasteiger charge is -2.09. The van der Waals surface area contributed by atoms with E-state index in [4.69, 9.17) is 14.2 Å². The quantitative estimate of drug-likeness (QED) is 0.508. The molecule has 0 heterocycles. The molecule has 8 heteroatoms. The first-order valence-electron chi connectivity index (χ1n) is 8.63. The van der Waals surface area contributed by atoms with Gasteiger partial charge in [0.25, 0.3) is 11.8 Å². The molecule has 2 aromatic carbocycles. The number of amides is 2. The fraction of sp³-hybridized carbons (Fsp3) is 0.250. The third kappa shape index (κ3) is 5.73. The van der Waals surface area contributed by atoms with Crippen molar-refractivity contribution in [2.75, 3.05) is 27.4 Å². The van der Waals surface area contributed by atoms with E-state index in [1.807, 2.05) is 6.92 Å². The number of nitrogens with one attached hydrogen (secondary N) is 2. The largest absolute Gasteiger partial charge is 0.494 e. The number of rotatable bonds is 9. The Bertz CT molecular complexity index is 834. The molecular weight excluding hydrogens is 362 g/mol. The molecule has 0 fully saturated rings. The van der Waals surface area contributed by atoms with Crippen LogP contribution in [0.15, 0.2) is 47.6 Å². The minimum atomic E-state index is -0.461. The summed E-state index contributed by atoms with van der Waals surface area (Å²) >= 11 is 0. The molecule has 0 saturated carbocycles. The molecule has 2 aromatic rings. The highest BCUT2D eigenvalue weighted by Crippen LogP contribution is 2.29. The van der Waals surface area contributed by atoms with Crippen molar-refractivity contribution in [2.45, 2.75) is 6.92 Å². The van der Waals surface area contributed by atoms with Gasteiger partial charge in [-0.15, -0.1) is 0 Å². The van der Waals surface area contributed by atoms with E-state index in [9.17, 15) is 9.59 Å². The van der Waals surface area contributed by atoms with Crippen molar-refractivity contribution in [2.24, 2.45) is 5.10 Å². The second kappa shape index (κ2) is 10.6. The van der Waals surface area contributed by atoms with Crippen molar-refractivity contribution in [3.8, 4) is 17.2 Å². The first-order valence-corrected chi connectivity index (χ1v) is 8.63. The Morgan fingerprint density at radius 3 is 2.46 bits per heavy atom. The van der Waals surface area contributed by atoms with E-state index in [2.05, 4.69) is 15.8 Å². The predicted molar refractivity (Wildman–Crippen MR) is 105 cm³/mol. The molecule has 0 aliphatic carbocycles. The van der Waals surface area contributed by atoms with Crippen LogP contribution in [0.1, 0.15) is 22.8 Å². The molecule has 0 aliphatic rings. The summed E-state index contributed by atoms with van der Waals surface area (Å²) in [4.78, 5) is 23.9. The summed E-state index contributed by atoms with van der Waals surface area (Å²) in [5.41, 5.74) is 3.42. The Morgan fingerprint density at radius 1 is 1.07 bits per heavy atom. The van der Waals surface area contributed by atoms with Crippen LogP contribution in [0.25, 0.3) is 0 Å². The third-order valence-electron chi connectivity index (χ3n) is 3.66. The number of para-hydroxylation sites is 1.